The van der Waals surface area contributed by atoms with Gasteiger partial charge in [0.05, 0.1) is 6.16 Å². The van der Waals surface area contributed by atoms with Crippen molar-refractivity contribution in [1.82, 2.24) is 5.32 Å². The minimum atomic E-state index is -3.24. The second kappa shape index (κ2) is 8.53. The highest BCUT2D eigenvalue weighted by atomic mass is 32.1. The number of hydrogen-bond donors (Lipinski definition) is 3. The normalized spacial score (nSPS) is 13.1. The van der Waals surface area contributed by atoms with Crippen LogP contribution in [0, 0.1) is 0 Å². The highest BCUT2D eigenvalue weighted by molar-refractivity contribution is 7.80. The van der Waals surface area contributed by atoms with Crippen LogP contribution in [0.2, 0.25) is 0 Å². The first-order valence-corrected chi connectivity index (χ1v) is 7.58. The summed E-state index contributed by atoms with van der Waals surface area (Å²) < 4.78 is 21.0. The van der Waals surface area contributed by atoms with E-state index in [1.807, 2.05) is 0 Å². The molecule has 0 heterocycles. The van der Waals surface area contributed by atoms with Gasteiger partial charge < -0.3 is 19.5 Å². The van der Waals surface area contributed by atoms with E-state index >= 15 is 0 Å². The fourth-order valence-electron chi connectivity index (χ4n) is 1.15. The Hall–Kier alpha value is -0.560. The monoisotopic (exact) mass is 299 g/mol. The maximum absolute atomic E-state index is 11.6. The minimum Gasteiger partial charge on any atom is -0.480 e. The molecule has 0 aromatic carbocycles. The molecule has 0 aliphatic carbocycles. The molecule has 18 heavy (non-hydrogen) atoms. The van der Waals surface area contributed by atoms with Gasteiger partial charge in [0.25, 0.3) is 0 Å². The van der Waals surface area contributed by atoms with Crippen molar-refractivity contribution in [3.05, 3.63) is 0 Å². The van der Waals surface area contributed by atoms with Crippen LogP contribution in [-0.4, -0.2) is 49.2 Å². The number of carboxylic acids is 1. The van der Waals surface area contributed by atoms with Crippen LogP contribution in [0.3, 0.4) is 0 Å². The molecule has 0 fully saturated rings. The summed E-state index contributed by atoms with van der Waals surface area (Å²) >= 11 is 3.91. The zero-order valence-electron chi connectivity index (χ0n) is 10.3. The van der Waals surface area contributed by atoms with E-state index < -0.39 is 25.5 Å². The van der Waals surface area contributed by atoms with Gasteiger partial charge in [-0.3, -0.25) is 9.36 Å². The second-order valence-electron chi connectivity index (χ2n) is 3.42. The summed E-state index contributed by atoms with van der Waals surface area (Å²) in [6.07, 6.45) is -0.00917. The van der Waals surface area contributed by atoms with Gasteiger partial charge in [-0.05, 0) is 12.2 Å². The molecular weight excluding hydrogens is 281 g/mol. The minimum absolute atomic E-state index is 0.0982. The molecule has 106 valence electrons. The first kappa shape index (κ1) is 17.4. The van der Waals surface area contributed by atoms with Gasteiger partial charge in [-0.2, -0.15) is 12.6 Å². The highest BCUT2D eigenvalue weighted by Crippen LogP contribution is 2.46. The average Bonchev–Trinajstić information content (AvgIpc) is 2.35. The maximum atomic E-state index is 11.6. The molecule has 0 saturated carbocycles. The van der Waals surface area contributed by atoms with Gasteiger partial charge >= 0.3 is 13.6 Å². The molecule has 0 aliphatic rings. The lowest BCUT2D eigenvalue weighted by Gasteiger charge is -2.15. The van der Waals surface area contributed by atoms with Crippen molar-refractivity contribution in [2.24, 2.45) is 0 Å². The maximum Gasteiger partial charge on any atom is 0.330 e. The SMILES string of the molecule is COP(=O)(CCC(=O)N[C@@H](CCS)C(=O)O)OC. The summed E-state index contributed by atoms with van der Waals surface area (Å²) in [5.74, 6) is -1.30. The molecule has 0 aliphatic heterocycles. The number of hydrogen-bond acceptors (Lipinski definition) is 6. The van der Waals surface area contributed by atoms with Crippen LogP contribution in [0.1, 0.15) is 12.8 Å². The fraction of sp³-hybridized carbons (Fsp3) is 0.778. The number of carbonyl (C=O) groups excluding carboxylic acids is 1. The molecule has 0 rings (SSSR count). The van der Waals surface area contributed by atoms with Gasteiger partial charge in [0.15, 0.2) is 0 Å². The van der Waals surface area contributed by atoms with Crippen LogP contribution in [0.15, 0.2) is 0 Å². The molecule has 0 bridgehead atoms. The number of amides is 1. The van der Waals surface area contributed by atoms with Crippen molar-refractivity contribution in [3.63, 3.8) is 0 Å². The Labute approximate surface area is 111 Å². The molecule has 0 saturated heterocycles. The van der Waals surface area contributed by atoms with Crippen molar-refractivity contribution in [1.29, 1.82) is 0 Å². The van der Waals surface area contributed by atoms with Crippen LogP contribution in [-0.2, 0) is 23.2 Å². The molecule has 0 aromatic heterocycles. The van der Waals surface area contributed by atoms with Gasteiger partial charge in [0.1, 0.15) is 6.04 Å². The lowest BCUT2D eigenvalue weighted by Crippen LogP contribution is -2.41. The van der Waals surface area contributed by atoms with E-state index in [1.54, 1.807) is 0 Å². The molecule has 2 N–H and O–H groups in total. The van der Waals surface area contributed by atoms with Crippen molar-refractivity contribution in [2.45, 2.75) is 18.9 Å². The number of aliphatic carboxylic acids is 1. The number of rotatable bonds is 9. The molecule has 1 atom stereocenters. The third kappa shape index (κ3) is 6.39. The number of nitrogens with one attached hydrogen (secondary N) is 1. The molecule has 0 spiro atoms. The van der Waals surface area contributed by atoms with Crippen molar-refractivity contribution in [2.75, 3.05) is 26.1 Å². The Bertz CT molecular complexity index is 329. The lowest BCUT2D eigenvalue weighted by atomic mass is 10.2. The first-order chi connectivity index (χ1) is 8.38. The largest absolute Gasteiger partial charge is 0.480 e. The topological polar surface area (TPSA) is 102 Å². The standard InChI is InChI=1S/C9H18NO6PS/c1-15-17(14,16-2)5-3-8(11)10-7(4-6-18)9(12)13/h7,18H,3-6H2,1-2H3,(H,10,11)(H,12,13)/t7-/m0/s1. The summed E-state index contributed by atoms with van der Waals surface area (Å²) in [5.41, 5.74) is 0. The number of carboxylic acid groups (broad SMARTS) is 1. The molecule has 1 amide bonds. The Morgan fingerprint density at radius 2 is 1.94 bits per heavy atom. The van der Waals surface area contributed by atoms with E-state index in [-0.39, 0.29) is 19.0 Å². The van der Waals surface area contributed by atoms with Gasteiger partial charge in [0, 0.05) is 20.6 Å². The molecule has 9 heteroatoms. The van der Waals surface area contributed by atoms with Crippen LogP contribution in [0.5, 0.6) is 0 Å². The highest BCUT2D eigenvalue weighted by Gasteiger charge is 2.24. The predicted molar refractivity (Wildman–Crippen MR) is 69.1 cm³/mol. The lowest BCUT2D eigenvalue weighted by molar-refractivity contribution is -0.141. The molecule has 0 aromatic rings. The predicted octanol–water partition coefficient (Wildman–Crippen LogP) is 0.752. The molecule has 7 nitrogen and oxygen atoms in total. The fourth-order valence-corrected chi connectivity index (χ4v) is 2.40. The van der Waals surface area contributed by atoms with Gasteiger partial charge in [-0.1, -0.05) is 0 Å². The molecule has 0 unspecified atom stereocenters. The zero-order chi connectivity index (χ0) is 14.2. The Kier molecular flexibility index (Phi) is 8.26. The summed E-state index contributed by atoms with van der Waals surface area (Å²) in [4.78, 5) is 22.3. The van der Waals surface area contributed by atoms with Crippen molar-refractivity contribution >= 4 is 32.1 Å². The Morgan fingerprint density at radius 1 is 1.39 bits per heavy atom. The molecular formula is C9H18NO6PS. The summed E-state index contributed by atoms with van der Waals surface area (Å²) in [7, 11) is -0.790. The van der Waals surface area contributed by atoms with Crippen molar-refractivity contribution < 1.29 is 28.3 Å². The number of thiol groups is 1. The Morgan fingerprint density at radius 3 is 2.33 bits per heavy atom. The first-order valence-electron chi connectivity index (χ1n) is 5.22. The average molecular weight is 299 g/mol. The Balaban J connectivity index is 4.25. The van der Waals surface area contributed by atoms with E-state index in [9.17, 15) is 14.2 Å². The quantitative estimate of drug-likeness (QED) is 0.429. The summed E-state index contributed by atoms with van der Waals surface area (Å²) in [5, 5.41) is 11.1. The van der Waals surface area contributed by atoms with Crippen LogP contribution in [0.25, 0.3) is 0 Å². The summed E-state index contributed by atoms with van der Waals surface area (Å²) in [6, 6.07) is -0.987. The zero-order valence-corrected chi connectivity index (χ0v) is 12.1. The van der Waals surface area contributed by atoms with E-state index in [1.165, 1.54) is 14.2 Å². The van der Waals surface area contributed by atoms with Gasteiger partial charge in [-0.25, -0.2) is 4.79 Å². The van der Waals surface area contributed by atoms with E-state index in [4.69, 9.17) is 5.11 Å². The number of carbonyl (C=O) groups is 2. The second-order valence-corrected chi connectivity index (χ2v) is 6.27. The smallest absolute Gasteiger partial charge is 0.330 e. The van der Waals surface area contributed by atoms with Gasteiger partial charge in [-0.15, -0.1) is 0 Å². The van der Waals surface area contributed by atoms with Crippen LogP contribution >= 0.6 is 20.2 Å². The van der Waals surface area contributed by atoms with E-state index in [2.05, 4.69) is 27.0 Å². The van der Waals surface area contributed by atoms with Gasteiger partial charge in [0.2, 0.25) is 5.91 Å². The van der Waals surface area contributed by atoms with E-state index in [0.29, 0.717) is 5.75 Å². The van der Waals surface area contributed by atoms with Crippen LogP contribution in [0.4, 0.5) is 0 Å². The van der Waals surface area contributed by atoms with E-state index in [0.717, 1.165) is 0 Å². The summed E-state index contributed by atoms with van der Waals surface area (Å²) in [6.45, 7) is 0. The third-order valence-corrected chi connectivity index (χ3v) is 4.36. The van der Waals surface area contributed by atoms with Crippen molar-refractivity contribution in [3.8, 4) is 0 Å². The molecule has 0 radical (unpaired) electrons. The van der Waals surface area contributed by atoms with Crippen LogP contribution < -0.4 is 5.32 Å². The third-order valence-electron chi connectivity index (χ3n) is 2.22.